The number of pyridine rings is 1. The normalized spacial score (nSPS) is 12.1. The van der Waals surface area contributed by atoms with E-state index in [4.69, 9.17) is 18.0 Å². The molecule has 8 aromatic carbocycles. The number of anilines is 2. The molecular weight excluding hydrogens is 1620 g/mol. The zero-order valence-corrected chi connectivity index (χ0v) is 80.1. The number of amides is 3. The summed E-state index contributed by atoms with van der Waals surface area (Å²) in [7, 11) is 0. The van der Waals surface area contributed by atoms with Gasteiger partial charge in [-0.05, 0) is 324 Å². The van der Waals surface area contributed by atoms with Crippen molar-refractivity contribution in [2.45, 2.75) is 216 Å². The van der Waals surface area contributed by atoms with Gasteiger partial charge in [0.15, 0.2) is 23.4 Å². The monoisotopic (exact) mass is 1750 g/mol. The van der Waals surface area contributed by atoms with Crippen molar-refractivity contribution in [3.05, 3.63) is 289 Å². The summed E-state index contributed by atoms with van der Waals surface area (Å²) < 4.78 is 31.3. The number of oxazole rings is 2. The Balaban J connectivity index is 0.000000149. The van der Waals surface area contributed by atoms with Crippen LogP contribution in [0.5, 0.6) is 5.75 Å². The van der Waals surface area contributed by atoms with Crippen LogP contribution in [-0.2, 0) is 69.1 Å². The van der Waals surface area contributed by atoms with Gasteiger partial charge in [-0.15, -0.1) is 11.3 Å². The number of hydrogen-bond donors (Lipinski definition) is 5. The number of aromatic amines is 2. The Morgan fingerprint density at radius 1 is 0.449 bits per heavy atom. The SMILES string of the molecule is CC(C)Cc1ccc2[nH]ccc2c1.CC(C)Cc1ccc2c(c1)NC(=O)NC2.CC(C)Cc1ccc2c(c1)OCC(=O)N2.CC(C)Cc1ccc2ncnn2c1.CC(C)Cc1ccc2oc(=O)[nH]c2c1.CC(C)Cc1ccc2oc(=O)n(C(C)C)c2c1.CC(C)Cc1ccc2occc2c1.CC(C)Cc1ccc2sccc2c1.Cc1nsc2ccc(CC(C)C)cc12. The number of fused-ring (bicyclic) bond motifs is 9. The molecule has 672 valence electrons. The van der Waals surface area contributed by atoms with Crippen molar-refractivity contribution in [2.24, 2.45) is 53.3 Å². The number of rotatable bonds is 19. The number of H-pyrrole nitrogens is 2. The highest BCUT2D eigenvalue weighted by atomic mass is 32.1. The van der Waals surface area contributed by atoms with Crippen LogP contribution in [0.3, 0.4) is 0 Å². The van der Waals surface area contributed by atoms with E-state index < -0.39 is 0 Å². The maximum absolute atomic E-state index is 11.7. The van der Waals surface area contributed by atoms with Crippen molar-refractivity contribution in [1.82, 2.24) is 38.8 Å². The van der Waals surface area contributed by atoms with Crippen molar-refractivity contribution in [1.29, 1.82) is 0 Å². The molecule has 0 saturated carbocycles. The molecule has 0 spiro atoms. The Bertz CT molecular complexity index is 5970. The predicted molar refractivity (Wildman–Crippen MR) is 531 cm³/mol. The van der Waals surface area contributed by atoms with Crippen LogP contribution in [0.1, 0.15) is 206 Å². The third kappa shape index (κ3) is 30.9. The lowest BCUT2D eigenvalue weighted by molar-refractivity contribution is -0.118. The zero-order valence-electron chi connectivity index (χ0n) is 78.5. The molecule has 20 heteroatoms. The molecule has 0 bridgehead atoms. The van der Waals surface area contributed by atoms with Crippen molar-refractivity contribution in [3.63, 3.8) is 0 Å². The topological polar surface area (TPSA) is 233 Å². The smallest absolute Gasteiger partial charge is 0.420 e. The third-order valence-corrected chi connectivity index (χ3v) is 22.5. The number of aromatic nitrogens is 7. The first kappa shape index (κ1) is 97.6. The predicted octanol–water partition coefficient (Wildman–Crippen LogP) is 27.3. The second kappa shape index (κ2) is 47.3. The number of nitrogens with zero attached hydrogens (tertiary/aromatic N) is 5. The van der Waals surface area contributed by atoms with Gasteiger partial charge >= 0.3 is 17.5 Å². The number of carbonyl (C=O) groups is 2. The van der Waals surface area contributed by atoms with Crippen LogP contribution in [-0.4, -0.2) is 52.1 Å². The molecule has 0 saturated heterocycles. The molecular formula is C107H134N10O8S2. The summed E-state index contributed by atoms with van der Waals surface area (Å²) in [6.07, 6.45) is 17.2. The maximum atomic E-state index is 11.7. The number of urea groups is 1. The molecule has 5 N–H and O–H groups in total. The van der Waals surface area contributed by atoms with E-state index in [1.807, 2.05) is 109 Å². The fourth-order valence-electron chi connectivity index (χ4n) is 15.4. The van der Waals surface area contributed by atoms with Crippen LogP contribution in [0.4, 0.5) is 16.2 Å². The first-order chi connectivity index (χ1) is 60.6. The van der Waals surface area contributed by atoms with Gasteiger partial charge in [0.25, 0.3) is 5.91 Å². The molecule has 127 heavy (non-hydrogen) atoms. The lowest BCUT2D eigenvalue weighted by atomic mass is 10.00. The van der Waals surface area contributed by atoms with Gasteiger partial charge in [0, 0.05) is 51.7 Å². The second-order valence-corrected chi connectivity index (χ2v) is 39.3. The van der Waals surface area contributed by atoms with E-state index in [0.29, 0.717) is 53.2 Å². The van der Waals surface area contributed by atoms with Crippen molar-refractivity contribution in [2.75, 3.05) is 17.2 Å². The van der Waals surface area contributed by atoms with Crippen molar-refractivity contribution in [3.8, 4) is 5.75 Å². The number of nitrogens with one attached hydrogen (secondary N) is 5. The Morgan fingerprint density at radius 3 is 1.60 bits per heavy atom. The highest BCUT2D eigenvalue weighted by Gasteiger charge is 2.19. The molecule has 18 rings (SSSR count). The van der Waals surface area contributed by atoms with Gasteiger partial charge in [0.2, 0.25) is 0 Å². The highest BCUT2D eigenvalue weighted by molar-refractivity contribution is 7.17. The van der Waals surface area contributed by atoms with Crippen molar-refractivity contribution >= 4 is 116 Å². The first-order valence-electron chi connectivity index (χ1n) is 45.2. The minimum atomic E-state index is -0.387. The van der Waals surface area contributed by atoms with E-state index >= 15 is 0 Å². The molecule has 2 aliphatic rings. The molecule has 0 aliphatic carbocycles. The third-order valence-electron chi connectivity index (χ3n) is 20.7. The quantitative estimate of drug-likeness (QED) is 0.0511. The summed E-state index contributed by atoms with van der Waals surface area (Å²) >= 11 is 3.41. The van der Waals surface area contributed by atoms with E-state index in [1.165, 1.54) is 99.4 Å². The van der Waals surface area contributed by atoms with E-state index in [0.717, 1.165) is 113 Å². The zero-order chi connectivity index (χ0) is 91.5. The summed E-state index contributed by atoms with van der Waals surface area (Å²) in [6, 6.07) is 61.1. The van der Waals surface area contributed by atoms with Gasteiger partial charge in [0.1, 0.15) is 17.7 Å². The van der Waals surface area contributed by atoms with Gasteiger partial charge in [-0.25, -0.2) is 23.9 Å². The summed E-state index contributed by atoms with van der Waals surface area (Å²) in [4.78, 5) is 54.7. The van der Waals surface area contributed by atoms with Crippen LogP contribution in [0.25, 0.3) is 69.9 Å². The van der Waals surface area contributed by atoms with Gasteiger partial charge in [-0.2, -0.15) is 9.47 Å². The lowest BCUT2D eigenvalue weighted by Crippen LogP contribution is -2.33. The maximum Gasteiger partial charge on any atom is 0.420 e. The minimum Gasteiger partial charge on any atom is -0.482 e. The van der Waals surface area contributed by atoms with E-state index in [9.17, 15) is 19.2 Å². The molecule has 0 atom stereocenters. The summed E-state index contributed by atoms with van der Waals surface area (Å²) in [5.74, 6) is 6.13. The van der Waals surface area contributed by atoms with Crippen LogP contribution in [0.15, 0.2) is 229 Å². The van der Waals surface area contributed by atoms with Gasteiger partial charge < -0.3 is 38.9 Å². The average molecular weight is 1750 g/mol. The number of aryl methyl sites for hydroxylation is 1. The summed E-state index contributed by atoms with van der Waals surface area (Å²) in [5.41, 5.74) is 22.2. The van der Waals surface area contributed by atoms with Gasteiger partial charge in [-0.3, -0.25) is 14.3 Å². The van der Waals surface area contributed by atoms with Crippen LogP contribution in [0.2, 0.25) is 0 Å². The fraction of sp³-hybridized carbons (Fsp3) is 0.393. The van der Waals surface area contributed by atoms with E-state index in [1.54, 1.807) is 28.7 Å². The molecule has 3 amide bonds. The minimum absolute atomic E-state index is 0.0842. The Morgan fingerprint density at radius 2 is 0.969 bits per heavy atom. The number of ether oxygens (including phenoxy) is 1. The molecule has 0 radical (unpaired) electrons. The summed E-state index contributed by atoms with van der Waals surface area (Å²) in [6.45, 7) is 46.7. The van der Waals surface area contributed by atoms with E-state index in [2.05, 4.69) is 287 Å². The Kier molecular flexibility index (Phi) is 36.3. The number of benzene rings is 8. The van der Waals surface area contributed by atoms with E-state index in [-0.39, 0.29) is 36.1 Å². The van der Waals surface area contributed by atoms with Gasteiger partial charge in [-0.1, -0.05) is 191 Å². The highest BCUT2D eigenvalue weighted by Crippen LogP contribution is 2.32. The van der Waals surface area contributed by atoms with Gasteiger partial charge in [0.05, 0.1) is 33.4 Å². The average Bonchev–Trinajstić information content (AvgIpc) is 1.62. The van der Waals surface area contributed by atoms with Crippen LogP contribution in [0, 0.1) is 60.2 Å². The second-order valence-electron chi connectivity index (χ2n) is 37.5. The Hall–Kier alpha value is -11.6. The molecule has 10 heterocycles. The van der Waals surface area contributed by atoms with Crippen LogP contribution < -0.4 is 32.2 Å². The number of thiophene rings is 1. The Labute approximate surface area is 758 Å². The molecule has 0 fully saturated rings. The number of carbonyl (C=O) groups excluding carboxylic acids is 2. The van der Waals surface area contributed by atoms with Crippen LogP contribution >= 0.6 is 22.9 Å². The fourth-order valence-corrected chi connectivity index (χ4v) is 16.9. The molecule has 16 aromatic rings. The number of hydrogen-bond acceptors (Lipinski definition) is 13. The molecule has 18 nitrogen and oxygen atoms in total. The lowest BCUT2D eigenvalue weighted by Gasteiger charge is -2.19. The number of furan rings is 1. The standard InChI is InChI=1S/C14H19NO2.C12H16N2O.C12H15NO2.C12H15NS.C12H15N.C12H14O.C12H14S.C11H13NO2.C10H13N3/c1-9(2)7-11-5-6-13-12(8-11)15(10(3)4)14(16)17-13;1-8(2)5-9-3-4-10-7-13-12(15)14-11(10)6-9;1-8(2)5-9-3-4-10-11(6-9)15-7-12(14)13-10;1-8(2)6-10-4-5-12-11(7-10)9(3)13-14-12;3*1-9(2)7-10-3-4-12-11(8-10)5-6-13-12;1-7(2)5-8-3-4-10-9(6-8)12-11(13)14-10;1-8(2)5-9-3-4-10-11-7-12-13(10)6-9/h5-6,8-10H,7H2,1-4H3;3-4,6,8H,5,7H2,1-2H3,(H2,13,14,15);3-4,6,8H,5,7H2,1-2H3,(H,13,14);4-5,7-8H,6H2,1-3H3;3-6,8-9,13H,7H2,1-2H3;2*3-6,8-9H,7H2,1-2H3;3-4,6-7H,5H2,1-2H3,(H,12,13);3-4,6-8H,5H2,1-2H3. The molecule has 0 unspecified atom stereocenters. The summed E-state index contributed by atoms with van der Waals surface area (Å²) in [5, 5.41) is 19.8. The molecule has 2 aliphatic heterocycles. The molecule has 8 aromatic heterocycles. The van der Waals surface area contributed by atoms with Crippen molar-refractivity contribution < 1.29 is 27.6 Å². The largest absolute Gasteiger partial charge is 0.482 e. The first-order valence-corrected chi connectivity index (χ1v) is 46.9.